The minimum atomic E-state index is 0.144. The fourth-order valence-electron chi connectivity index (χ4n) is 1.79. The number of likely N-dealkylation sites (N-methyl/N-ethyl adjacent to an activating group) is 1. The van der Waals surface area contributed by atoms with E-state index in [-0.39, 0.29) is 5.91 Å². The van der Waals surface area contributed by atoms with E-state index in [2.05, 4.69) is 18.7 Å². The zero-order valence-corrected chi connectivity index (χ0v) is 12.4. The highest BCUT2D eigenvalue weighted by Gasteiger charge is 2.17. The summed E-state index contributed by atoms with van der Waals surface area (Å²) in [6.07, 6.45) is 0. The Bertz CT molecular complexity index is 418. The number of para-hydroxylation sites is 1. The number of nitrogens with two attached hydrogens (primary N) is 1. The van der Waals surface area contributed by atoms with Crippen LogP contribution in [0.15, 0.2) is 24.3 Å². The molecule has 0 spiro atoms. The fraction of sp³-hybridized carbons (Fsp3) is 0.533. The Morgan fingerprint density at radius 1 is 1.32 bits per heavy atom. The molecule has 1 aromatic rings. The van der Waals surface area contributed by atoms with Crippen molar-refractivity contribution < 1.29 is 4.79 Å². The van der Waals surface area contributed by atoms with Gasteiger partial charge in [0.2, 0.25) is 5.91 Å². The molecule has 0 saturated carbocycles. The van der Waals surface area contributed by atoms with Crippen LogP contribution >= 0.6 is 0 Å². The number of hydrogen-bond donors (Lipinski definition) is 1. The molecule has 0 heterocycles. The second-order valence-corrected chi connectivity index (χ2v) is 5.11. The van der Waals surface area contributed by atoms with Gasteiger partial charge < -0.3 is 10.6 Å². The van der Waals surface area contributed by atoms with Crippen molar-refractivity contribution in [2.75, 3.05) is 25.9 Å². The van der Waals surface area contributed by atoms with Crippen molar-refractivity contribution in [2.45, 2.75) is 33.4 Å². The van der Waals surface area contributed by atoms with Crippen LogP contribution in [0.5, 0.6) is 0 Å². The predicted octanol–water partition coefficient (Wildman–Crippen LogP) is 1.96. The first kappa shape index (κ1) is 15.5. The average molecular weight is 263 g/mol. The summed E-state index contributed by atoms with van der Waals surface area (Å²) in [5.41, 5.74) is 7.82. The van der Waals surface area contributed by atoms with Gasteiger partial charge in [0.25, 0.3) is 0 Å². The Balaban J connectivity index is 2.74. The van der Waals surface area contributed by atoms with Gasteiger partial charge in [0.05, 0.1) is 6.54 Å². The number of nitrogens with zero attached hydrogens (tertiary/aromatic N) is 2. The fourth-order valence-corrected chi connectivity index (χ4v) is 1.79. The van der Waals surface area contributed by atoms with Crippen molar-refractivity contribution in [2.24, 2.45) is 0 Å². The third-order valence-corrected chi connectivity index (χ3v) is 3.40. The molecular weight excluding hydrogens is 238 g/mol. The molecular formula is C15H25N3O. The van der Waals surface area contributed by atoms with E-state index in [1.165, 1.54) is 0 Å². The largest absolute Gasteiger partial charge is 0.398 e. The van der Waals surface area contributed by atoms with Gasteiger partial charge in [-0.15, -0.1) is 0 Å². The van der Waals surface area contributed by atoms with Crippen molar-refractivity contribution in [1.82, 2.24) is 9.80 Å². The first-order valence-electron chi connectivity index (χ1n) is 6.77. The molecule has 4 nitrogen and oxygen atoms in total. The molecule has 4 heteroatoms. The van der Waals surface area contributed by atoms with Crippen LogP contribution in [0, 0.1) is 0 Å². The lowest BCUT2D eigenvalue weighted by Crippen LogP contribution is -2.41. The maximum atomic E-state index is 12.0. The zero-order valence-electron chi connectivity index (χ0n) is 12.4. The lowest BCUT2D eigenvalue weighted by atomic mass is 10.1. The molecule has 0 aliphatic rings. The standard InChI is InChI=1S/C15H25N3O/c1-5-17(4)15(19)11-18(12(2)3)10-13-8-6-7-9-14(13)16/h6-9,12H,5,10-11,16H2,1-4H3. The summed E-state index contributed by atoms with van der Waals surface area (Å²) in [4.78, 5) is 15.9. The van der Waals surface area contributed by atoms with E-state index < -0.39 is 0 Å². The highest BCUT2D eigenvalue weighted by Crippen LogP contribution is 2.15. The van der Waals surface area contributed by atoms with Crippen molar-refractivity contribution in [1.29, 1.82) is 0 Å². The Labute approximate surface area is 116 Å². The summed E-state index contributed by atoms with van der Waals surface area (Å²) in [6.45, 7) is 8.03. The molecule has 0 radical (unpaired) electrons. The van der Waals surface area contributed by atoms with Crippen LogP contribution in [0.4, 0.5) is 5.69 Å². The zero-order chi connectivity index (χ0) is 14.4. The Morgan fingerprint density at radius 3 is 2.47 bits per heavy atom. The van der Waals surface area contributed by atoms with Crippen molar-refractivity contribution in [3.8, 4) is 0 Å². The van der Waals surface area contributed by atoms with Crippen LogP contribution < -0.4 is 5.73 Å². The summed E-state index contributed by atoms with van der Waals surface area (Å²) in [7, 11) is 1.83. The molecule has 0 fully saturated rings. The molecule has 0 atom stereocenters. The second kappa shape index (κ2) is 7.14. The number of amides is 1. The van der Waals surface area contributed by atoms with Crippen LogP contribution in [0.25, 0.3) is 0 Å². The number of carbonyl (C=O) groups excluding carboxylic acids is 1. The van der Waals surface area contributed by atoms with Crippen molar-refractivity contribution in [3.05, 3.63) is 29.8 Å². The summed E-state index contributed by atoms with van der Waals surface area (Å²) < 4.78 is 0. The molecule has 19 heavy (non-hydrogen) atoms. The topological polar surface area (TPSA) is 49.6 Å². The lowest BCUT2D eigenvalue weighted by Gasteiger charge is -2.28. The highest BCUT2D eigenvalue weighted by molar-refractivity contribution is 5.78. The predicted molar refractivity (Wildman–Crippen MR) is 79.7 cm³/mol. The van der Waals surface area contributed by atoms with E-state index in [0.717, 1.165) is 17.8 Å². The first-order chi connectivity index (χ1) is 8.95. The lowest BCUT2D eigenvalue weighted by molar-refractivity contribution is -0.131. The molecule has 1 amide bonds. The summed E-state index contributed by atoms with van der Waals surface area (Å²) in [5, 5.41) is 0. The maximum Gasteiger partial charge on any atom is 0.236 e. The molecule has 0 aliphatic carbocycles. The Morgan fingerprint density at radius 2 is 1.95 bits per heavy atom. The van der Waals surface area contributed by atoms with Gasteiger partial charge in [0.15, 0.2) is 0 Å². The molecule has 0 aliphatic heterocycles. The summed E-state index contributed by atoms with van der Waals surface area (Å²) in [6, 6.07) is 8.11. The number of anilines is 1. The molecule has 106 valence electrons. The number of nitrogen functional groups attached to an aromatic ring is 1. The summed E-state index contributed by atoms with van der Waals surface area (Å²) in [5.74, 6) is 0.144. The normalized spacial score (nSPS) is 11.1. The van der Waals surface area contributed by atoms with Crippen LogP contribution in [-0.2, 0) is 11.3 Å². The van der Waals surface area contributed by atoms with Gasteiger partial charge in [-0.3, -0.25) is 9.69 Å². The SMILES string of the molecule is CCN(C)C(=O)CN(Cc1ccccc1N)C(C)C. The van der Waals surface area contributed by atoms with Gasteiger partial charge >= 0.3 is 0 Å². The molecule has 2 N–H and O–H groups in total. The van der Waals surface area contributed by atoms with E-state index in [1.54, 1.807) is 4.90 Å². The van der Waals surface area contributed by atoms with E-state index in [1.807, 2.05) is 38.2 Å². The second-order valence-electron chi connectivity index (χ2n) is 5.11. The van der Waals surface area contributed by atoms with E-state index in [9.17, 15) is 4.79 Å². The number of hydrogen-bond acceptors (Lipinski definition) is 3. The van der Waals surface area contributed by atoms with Crippen LogP contribution in [0.3, 0.4) is 0 Å². The maximum absolute atomic E-state index is 12.0. The molecule has 0 unspecified atom stereocenters. The van der Waals surface area contributed by atoms with Gasteiger partial charge in [-0.25, -0.2) is 0 Å². The average Bonchev–Trinajstić information content (AvgIpc) is 2.39. The van der Waals surface area contributed by atoms with Crippen molar-refractivity contribution in [3.63, 3.8) is 0 Å². The van der Waals surface area contributed by atoms with Crippen LogP contribution in [0.1, 0.15) is 26.3 Å². The van der Waals surface area contributed by atoms with Crippen LogP contribution in [0.2, 0.25) is 0 Å². The smallest absolute Gasteiger partial charge is 0.236 e. The minimum absolute atomic E-state index is 0.144. The highest BCUT2D eigenvalue weighted by atomic mass is 16.2. The third kappa shape index (κ3) is 4.56. The van der Waals surface area contributed by atoms with E-state index in [0.29, 0.717) is 19.1 Å². The number of benzene rings is 1. The molecule has 1 aromatic carbocycles. The van der Waals surface area contributed by atoms with Gasteiger partial charge in [-0.1, -0.05) is 18.2 Å². The minimum Gasteiger partial charge on any atom is -0.398 e. The Hall–Kier alpha value is -1.55. The summed E-state index contributed by atoms with van der Waals surface area (Å²) >= 11 is 0. The van der Waals surface area contributed by atoms with Crippen LogP contribution in [-0.4, -0.2) is 41.9 Å². The molecule has 0 saturated heterocycles. The number of rotatable bonds is 6. The van der Waals surface area contributed by atoms with Gasteiger partial charge in [0, 0.05) is 31.9 Å². The third-order valence-electron chi connectivity index (χ3n) is 3.40. The molecule has 0 aromatic heterocycles. The molecule has 0 bridgehead atoms. The van der Waals surface area contributed by atoms with Gasteiger partial charge in [0.1, 0.15) is 0 Å². The van der Waals surface area contributed by atoms with Gasteiger partial charge in [-0.2, -0.15) is 0 Å². The van der Waals surface area contributed by atoms with E-state index >= 15 is 0 Å². The monoisotopic (exact) mass is 263 g/mol. The number of carbonyl (C=O) groups is 1. The Kier molecular flexibility index (Phi) is 5.83. The van der Waals surface area contributed by atoms with E-state index in [4.69, 9.17) is 5.73 Å². The quantitative estimate of drug-likeness (QED) is 0.798. The van der Waals surface area contributed by atoms with Crippen molar-refractivity contribution >= 4 is 11.6 Å². The van der Waals surface area contributed by atoms with Gasteiger partial charge in [-0.05, 0) is 32.4 Å². The molecule has 1 rings (SSSR count). The first-order valence-corrected chi connectivity index (χ1v) is 6.77.